The summed E-state index contributed by atoms with van der Waals surface area (Å²) in [6.07, 6.45) is 9.51. The van der Waals surface area contributed by atoms with Gasteiger partial charge in [-0.1, -0.05) is 26.2 Å². The van der Waals surface area contributed by atoms with Crippen molar-refractivity contribution < 1.29 is 14.4 Å². The van der Waals surface area contributed by atoms with Crippen molar-refractivity contribution in [3.63, 3.8) is 0 Å². The summed E-state index contributed by atoms with van der Waals surface area (Å²) in [7, 11) is 0. The number of hydrogen-bond donors (Lipinski definition) is 3. The first-order valence-electron chi connectivity index (χ1n) is 9.98. The van der Waals surface area contributed by atoms with Crippen LogP contribution in [0.25, 0.3) is 0 Å². The highest BCUT2D eigenvalue weighted by Gasteiger charge is 2.21. The highest BCUT2D eigenvalue weighted by atomic mass is 32.1. The van der Waals surface area contributed by atoms with E-state index in [2.05, 4.69) is 23.1 Å². The van der Waals surface area contributed by atoms with E-state index in [4.69, 9.17) is 0 Å². The van der Waals surface area contributed by atoms with Crippen LogP contribution in [-0.2, 0) is 22.4 Å². The van der Waals surface area contributed by atoms with Gasteiger partial charge < -0.3 is 5.32 Å². The van der Waals surface area contributed by atoms with Crippen LogP contribution in [0, 0.1) is 11.8 Å². The summed E-state index contributed by atoms with van der Waals surface area (Å²) in [5.41, 5.74) is 6.08. The fraction of sp³-hybridized carbons (Fsp3) is 0.650. The van der Waals surface area contributed by atoms with E-state index in [-0.39, 0.29) is 18.4 Å². The van der Waals surface area contributed by atoms with Gasteiger partial charge in [0.2, 0.25) is 5.91 Å². The first kappa shape index (κ1) is 19.9. The molecule has 1 atom stereocenters. The molecule has 1 saturated carbocycles. The molecule has 1 heterocycles. The van der Waals surface area contributed by atoms with E-state index in [0.29, 0.717) is 23.1 Å². The molecule has 1 unspecified atom stereocenters. The maximum atomic E-state index is 12.2. The summed E-state index contributed by atoms with van der Waals surface area (Å²) in [6, 6.07) is 1.93. The minimum absolute atomic E-state index is 0.0940. The largest absolute Gasteiger partial charge is 0.347 e. The fourth-order valence-corrected chi connectivity index (χ4v) is 5.06. The lowest BCUT2D eigenvalue weighted by atomic mass is 9.87. The quantitative estimate of drug-likeness (QED) is 0.675. The summed E-state index contributed by atoms with van der Waals surface area (Å²) in [4.78, 5) is 38.0. The molecule has 27 heavy (non-hydrogen) atoms. The maximum Gasteiger partial charge on any atom is 0.279 e. The third kappa shape index (κ3) is 5.79. The molecule has 0 radical (unpaired) electrons. The molecule has 1 aromatic rings. The number of carbonyl (C=O) groups excluding carboxylic acids is 3. The van der Waals surface area contributed by atoms with E-state index in [1.807, 2.05) is 6.07 Å². The van der Waals surface area contributed by atoms with Crippen molar-refractivity contribution >= 4 is 29.1 Å². The zero-order valence-corrected chi connectivity index (χ0v) is 16.8. The maximum absolute atomic E-state index is 12.2. The zero-order valence-electron chi connectivity index (χ0n) is 15.9. The SMILES string of the molecule is CC1CCc2sc(C(=O)NNC(=O)CNC(=O)CC3CCCCC3)cc2C1. The van der Waals surface area contributed by atoms with Gasteiger partial charge in [-0.15, -0.1) is 11.3 Å². The lowest BCUT2D eigenvalue weighted by Gasteiger charge is -2.20. The Labute approximate surface area is 164 Å². The van der Waals surface area contributed by atoms with E-state index in [9.17, 15) is 14.4 Å². The van der Waals surface area contributed by atoms with Gasteiger partial charge in [-0.3, -0.25) is 25.2 Å². The van der Waals surface area contributed by atoms with Crippen LogP contribution in [0.15, 0.2) is 6.07 Å². The predicted molar refractivity (Wildman–Crippen MR) is 105 cm³/mol. The van der Waals surface area contributed by atoms with Gasteiger partial charge in [-0.05, 0) is 55.6 Å². The molecule has 0 saturated heterocycles. The van der Waals surface area contributed by atoms with E-state index < -0.39 is 5.91 Å². The molecular weight excluding hydrogens is 362 g/mol. The molecule has 6 nitrogen and oxygen atoms in total. The van der Waals surface area contributed by atoms with Gasteiger partial charge in [0.15, 0.2) is 0 Å². The second kappa shape index (κ2) is 9.35. The number of fused-ring (bicyclic) bond motifs is 1. The first-order valence-corrected chi connectivity index (χ1v) is 10.8. The van der Waals surface area contributed by atoms with Crippen LogP contribution in [0.2, 0.25) is 0 Å². The Hall–Kier alpha value is -1.89. The van der Waals surface area contributed by atoms with Crippen LogP contribution < -0.4 is 16.2 Å². The third-order valence-electron chi connectivity index (χ3n) is 5.51. The fourth-order valence-electron chi connectivity index (χ4n) is 3.95. The number of amides is 3. The molecule has 3 N–H and O–H groups in total. The van der Waals surface area contributed by atoms with Crippen LogP contribution in [0.3, 0.4) is 0 Å². The Morgan fingerprint density at radius 3 is 2.63 bits per heavy atom. The van der Waals surface area contributed by atoms with Crippen LogP contribution in [0.5, 0.6) is 0 Å². The number of thiophene rings is 1. The summed E-state index contributed by atoms with van der Waals surface area (Å²) >= 11 is 1.50. The lowest BCUT2D eigenvalue weighted by Crippen LogP contribution is -2.46. The Balaban J connectivity index is 1.37. The van der Waals surface area contributed by atoms with Crippen molar-refractivity contribution in [2.24, 2.45) is 11.8 Å². The molecule has 0 aliphatic heterocycles. The Morgan fingerprint density at radius 1 is 1.07 bits per heavy atom. The van der Waals surface area contributed by atoms with Gasteiger partial charge in [0.1, 0.15) is 0 Å². The molecule has 0 aromatic carbocycles. The number of hydrazine groups is 1. The van der Waals surface area contributed by atoms with Crippen molar-refractivity contribution in [1.82, 2.24) is 16.2 Å². The first-order chi connectivity index (χ1) is 13.0. The summed E-state index contributed by atoms with van der Waals surface area (Å²) in [5.74, 6) is 0.275. The minimum Gasteiger partial charge on any atom is -0.347 e. The Bertz CT molecular complexity index is 695. The van der Waals surface area contributed by atoms with E-state index in [1.165, 1.54) is 41.0 Å². The molecule has 3 amide bonds. The normalized spacial score (nSPS) is 19.8. The van der Waals surface area contributed by atoms with Gasteiger partial charge in [-0.25, -0.2) is 0 Å². The van der Waals surface area contributed by atoms with E-state index in [1.54, 1.807) is 0 Å². The molecule has 0 spiro atoms. The molecule has 148 valence electrons. The van der Waals surface area contributed by atoms with Gasteiger partial charge in [-0.2, -0.15) is 0 Å². The Kier molecular flexibility index (Phi) is 6.88. The molecule has 2 aliphatic carbocycles. The smallest absolute Gasteiger partial charge is 0.279 e. The van der Waals surface area contributed by atoms with Crippen molar-refractivity contribution in [3.8, 4) is 0 Å². The molecule has 1 aromatic heterocycles. The lowest BCUT2D eigenvalue weighted by molar-refractivity contribution is -0.127. The standard InChI is InChI=1S/C20H29N3O3S/c1-13-7-8-16-15(9-13)11-17(27-16)20(26)23-22-19(25)12-21-18(24)10-14-5-3-2-4-6-14/h11,13-14H,2-10,12H2,1H3,(H,21,24)(H,22,25)(H,23,26). The average molecular weight is 392 g/mol. The van der Waals surface area contributed by atoms with Crippen molar-refractivity contribution in [2.45, 2.75) is 64.7 Å². The molecule has 3 rings (SSSR count). The van der Waals surface area contributed by atoms with Crippen molar-refractivity contribution in [1.29, 1.82) is 0 Å². The van der Waals surface area contributed by atoms with Crippen molar-refractivity contribution in [3.05, 3.63) is 21.4 Å². The zero-order chi connectivity index (χ0) is 19.2. The number of hydrogen-bond acceptors (Lipinski definition) is 4. The molecule has 2 aliphatic rings. The minimum atomic E-state index is -0.421. The number of aryl methyl sites for hydroxylation is 1. The highest BCUT2D eigenvalue weighted by Crippen LogP contribution is 2.32. The Morgan fingerprint density at radius 2 is 1.85 bits per heavy atom. The van der Waals surface area contributed by atoms with Crippen molar-refractivity contribution in [2.75, 3.05) is 6.54 Å². The van der Waals surface area contributed by atoms with Gasteiger partial charge >= 0.3 is 0 Å². The molecule has 0 bridgehead atoms. The topological polar surface area (TPSA) is 87.3 Å². The molecule has 7 heteroatoms. The third-order valence-corrected chi connectivity index (χ3v) is 6.75. The summed E-state index contributed by atoms with van der Waals surface area (Å²) in [5, 5.41) is 2.64. The van der Waals surface area contributed by atoms with Gasteiger partial charge in [0.05, 0.1) is 11.4 Å². The summed E-state index contributed by atoms with van der Waals surface area (Å²) < 4.78 is 0. The van der Waals surface area contributed by atoms with E-state index >= 15 is 0 Å². The number of carbonyl (C=O) groups is 3. The van der Waals surface area contributed by atoms with Gasteiger partial charge in [0, 0.05) is 11.3 Å². The molecule has 1 fully saturated rings. The van der Waals surface area contributed by atoms with Gasteiger partial charge in [0.25, 0.3) is 11.8 Å². The predicted octanol–water partition coefficient (Wildman–Crippen LogP) is 2.72. The number of rotatable bonds is 5. The highest BCUT2D eigenvalue weighted by molar-refractivity contribution is 7.14. The summed E-state index contributed by atoms with van der Waals surface area (Å²) in [6.45, 7) is 2.10. The van der Waals surface area contributed by atoms with Crippen LogP contribution in [0.1, 0.15) is 72.0 Å². The van der Waals surface area contributed by atoms with E-state index in [0.717, 1.165) is 32.1 Å². The average Bonchev–Trinajstić information content (AvgIpc) is 3.08. The second-order valence-electron chi connectivity index (χ2n) is 7.89. The monoisotopic (exact) mass is 391 g/mol. The van der Waals surface area contributed by atoms with Crippen LogP contribution in [0.4, 0.5) is 0 Å². The second-order valence-corrected chi connectivity index (χ2v) is 9.03. The number of nitrogens with one attached hydrogen (secondary N) is 3. The van der Waals surface area contributed by atoms with Crippen LogP contribution in [-0.4, -0.2) is 24.3 Å². The van der Waals surface area contributed by atoms with Crippen LogP contribution >= 0.6 is 11.3 Å². The molecular formula is C20H29N3O3S.